The molecule has 0 spiro atoms. The lowest BCUT2D eigenvalue weighted by atomic mass is 9.92. The number of hydrogen-bond donors (Lipinski definition) is 1. The van der Waals surface area contributed by atoms with Crippen LogP contribution in [0.3, 0.4) is 0 Å². The molecule has 0 rings (SSSR count). The van der Waals surface area contributed by atoms with Gasteiger partial charge in [-0.05, 0) is 25.7 Å². The zero-order valence-corrected chi connectivity index (χ0v) is 8.79. The second kappa shape index (κ2) is 8.35. The first-order valence-corrected chi connectivity index (χ1v) is 4.47. The van der Waals surface area contributed by atoms with Crippen molar-refractivity contribution in [3.8, 4) is 0 Å². The Morgan fingerprint density at radius 3 is 1.64 bits per heavy atom. The van der Waals surface area contributed by atoms with E-state index < -0.39 is 0 Å². The maximum atomic E-state index is 5.81. The van der Waals surface area contributed by atoms with E-state index in [4.69, 9.17) is 5.73 Å². The second-order valence-electron chi connectivity index (χ2n) is 3.20. The van der Waals surface area contributed by atoms with Gasteiger partial charge < -0.3 is 5.73 Å². The average Bonchev–Trinajstić information content (AvgIpc) is 1.87. The van der Waals surface area contributed by atoms with Crippen molar-refractivity contribution in [2.24, 2.45) is 11.7 Å². The van der Waals surface area contributed by atoms with Crippen LogP contribution in [-0.2, 0) is 0 Å². The zero-order chi connectivity index (χ0) is 7.98. The molecule has 1 nitrogen and oxygen atoms in total. The largest absolute Gasteiger partial charge is 0.328 e. The maximum Gasteiger partial charge on any atom is 0.00387 e. The summed E-state index contributed by atoms with van der Waals surface area (Å²) >= 11 is 0. The minimum atomic E-state index is 0. The summed E-state index contributed by atoms with van der Waals surface area (Å²) in [6.07, 6.45) is 5.13. The van der Waals surface area contributed by atoms with Gasteiger partial charge >= 0.3 is 0 Å². The van der Waals surface area contributed by atoms with Gasteiger partial charge in [0.05, 0.1) is 0 Å². The average molecular weight is 180 g/mol. The molecule has 0 saturated heterocycles. The highest BCUT2D eigenvalue weighted by Gasteiger charge is 2.10. The van der Waals surface area contributed by atoms with Gasteiger partial charge in [-0.2, -0.15) is 0 Å². The van der Waals surface area contributed by atoms with Gasteiger partial charge in [-0.1, -0.05) is 26.7 Å². The minimum Gasteiger partial charge on any atom is -0.328 e. The topological polar surface area (TPSA) is 26.0 Å². The minimum absolute atomic E-state index is 0. The lowest BCUT2D eigenvalue weighted by Crippen LogP contribution is -2.26. The standard InChI is InChI=1S/C9H21N.ClH/c1-4-6-9(7-5-2)8(3)10;/h8-9H,4-7,10H2,1-3H3;1H. The second-order valence-corrected chi connectivity index (χ2v) is 3.20. The summed E-state index contributed by atoms with van der Waals surface area (Å²) in [6, 6.07) is 0.389. The molecule has 0 aliphatic rings. The summed E-state index contributed by atoms with van der Waals surface area (Å²) in [5.74, 6) is 0.759. The van der Waals surface area contributed by atoms with Crippen LogP contribution in [0.4, 0.5) is 0 Å². The van der Waals surface area contributed by atoms with Crippen LogP contribution in [0.25, 0.3) is 0 Å². The molecule has 0 aromatic rings. The molecule has 0 aliphatic carbocycles. The predicted molar refractivity (Wildman–Crippen MR) is 54.2 cm³/mol. The van der Waals surface area contributed by atoms with E-state index in [9.17, 15) is 0 Å². The molecular formula is C9H22ClN. The molecule has 1 unspecified atom stereocenters. The molecule has 1 atom stereocenters. The molecule has 0 heterocycles. The van der Waals surface area contributed by atoms with Crippen molar-refractivity contribution in [3.63, 3.8) is 0 Å². The first-order chi connectivity index (χ1) is 4.72. The summed E-state index contributed by atoms with van der Waals surface area (Å²) in [4.78, 5) is 0. The summed E-state index contributed by atoms with van der Waals surface area (Å²) in [5, 5.41) is 0. The van der Waals surface area contributed by atoms with Crippen LogP contribution in [0.5, 0.6) is 0 Å². The Kier molecular flexibility index (Phi) is 10.5. The van der Waals surface area contributed by atoms with Crippen molar-refractivity contribution in [2.45, 2.75) is 52.5 Å². The van der Waals surface area contributed by atoms with Gasteiger partial charge in [0.15, 0.2) is 0 Å². The SMILES string of the molecule is CCCC(CCC)C(C)N.Cl. The highest BCUT2D eigenvalue weighted by atomic mass is 35.5. The molecule has 0 aliphatic heterocycles. The molecule has 0 aromatic carbocycles. The van der Waals surface area contributed by atoms with Gasteiger partial charge in [-0.25, -0.2) is 0 Å². The van der Waals surface area contributed by atoms with E-state index in [0.29, 0.717) is 6.04 Å². The molecule has 0 bridgehead atoms. The van der Waals surface area contributed by atoms with Gasteiger partial charge in [0.1, 0.15) is 0 Å². The van der Waals surface area contributed by atoms with Crippen molar-refractivity contribution in [1.82, 2.24) is 0 Å². The van der Waals surface area contributed by atoms with Crippen LogP contribution >= 0.6 is 12.4 Å². The Balaban J connectivity index is 0. The monoisotopic (exact) mass is 179 g/mol. The quantitative estimate of drug-likeness (QED) is 0.690. The lowest BCUT2D eigenvalue weighted by molar-refractivity contribution is 0.379. The summed E-state index contributed by atoms with van der Waals surface area (Å²) in [5.41, 5.74) is 5.81. The van der Waals surface area contributed by atoms with Crippen LogP contribution < -0.4 is 5.73 Å². The Labute approximate surface area is 77.2 Å². The van der Waals surface area contributed by atoms with Crippen molar-refractivity contribution < 1.29 is 0 Å². The maximum absolute atomic E-state index is 5.81. The Morgan fingerprint density at radius 1 is 1.09 bits per heavy atom. The van der Waals surface area contributed by atoms with Crippen molar-refractivity contribution in [2.75, 3.05) is 0 Å². The first-order valence-electron chi connectivity index (χ1n) is 4.47. The summed E-state index contributed by atoms with van der Waals surface area (Å²) in [7, 11) is 0. The highest BCUT2D eigenvalue weighted by molar-refractivity contribution is 5.85. The zero-order valence-electron chi connectivity index (χ0n) is 7.97. The Bertz CT molecular complexity index is 68.0. The van der Waals surface area contributed by atoms with Crippen LogP contribution in [-0.4, -0.2) is 6.04 Å². The Hall–Kier alpha value is 0.250. The molecule has 0 radical (unpaired) electrons. The summed E-state index contributed by atoms with van der Waals surface area (Å²) in [6.45, 7) is 6.58. The van der Waals surface area contributed by atoms with Gasteiger partial charge in [0, 0.05) is 6.04 Å². The normalized spacial score (nSPS) is 12.8. The molecule has 2 heteroatoms. The van der Waals surface area contributed by atoms with Crippen LogP contribution in [0.2, 0.25) is 0 Å². The number of halogens is 1. The smallest absolute Gasteiger partial charge is 0.00387 e. The van der Waals surface area contributed by atoms with Crippen LogP contribution in [0.15, 0.2) is 0 Å². The molecule has 70 valence electrons. The number of nitrogens with two attached hydrogens (primary N) is 1. The third-order valence-electron chi connectivity index (χ3n) is 2.06. The van der Waals surface area contributed by atoms with E-state index in [2.05, 4.69) is 20.8 Å². The van der Waals surface area contributed by atoms with Crippen molar-refractivity contribution >= 4 is 12.4 Å². The van der Waals surface area contributed by atoms with E-state index >= 15 is 0 Å². The first kappa shape index (κ1) is 13.8. The molecular weight excluding hydrogens is 158 g/mol. The molecule has 0 aromatic heterocycles. The fourth-order valence-electron chi connectivity index (χ4n) is 1.41. The summed E-state index contributed by atoms with van der Waals surface area (Å²) < 4.78 is 0. The van der Waals surface area contributed by atoms with E-state index in [1.54, 1.807) is 0 Å². The van der Waals surface area contributed by atoms with Crippen LogP contribution in [0, 0.1) is 5.92 Å². The highest BCUT2D eigenvalue weighted by Crippen LogP contribution is 2.15. The van der Waals surface area contributed by atoms with Gasteiger partial charge in [0.25, 0.3) is 0 Å². The van der Waals surface area contributed by atoms with Gasteiger partial charge in [-0.3, -0.25) is 0 Å². The molecule has 2 N–H and O–H groups in total. The van der Waals surface area contributed by atoms with Crippen molar-refractivity contribution in [3.05, 3.63) is 0 Å². The van der Waals surface area contributed by atoms with Crippen LogP contribution in [0.1, 0.15) is 46.5 Å². The third-order valence-corrected chi connectivity index (χ3v) is 2.06. The van der Waals surface area contributed by atoms with E-state index in [1.165, 1.54) is 25.7 Å². The molecule has 0 saturated carbocycles. The van der Waals surface area contributed by atoms with Crippen molar-refractivity contribution in [1.29, 1.82) is 0 Å². The lowest BCUT2D eigenvalue weighted by Gasteiger charge is -2.18. The van der Waals surface area contributed by atoms with E-state index in [1.807, 2.05) is 0 Å². The van der Waals surface area contributed by atoms with E-state index in [0.717, 1.165) is 5.92 Å². The van der Waals surface area contributed by atoms with Gasteiger partial charge in [-0.15, -0.1) is 12.4 Å². The predicted octanol–water partition coefficient (Wildman–Crippen LogP) is 2.97. The fraction of sp³-hybridized carbons (Fsp3) is 1.00. The number of rotatable bonds is 5. The van der Waals surface area contributed by atoms with E-state index in [-0.39, 0.29) is 12.4 Å². The van der Waals surface area contributed by atoms with Gasteiger partial charge in [0.2, 0.25) is 0 Å². The molecule has 0 fully saturated rings. The Morgan fingerprint density at radius 2 is 1.45 bits per heavy atom. The molecule has 11 heavy (non-hydrogen) atoms. The fourth-order valence-corrected chi connectivity index (χ4v) is 1.41. The number of hydrogen-bond acceptors (Lipinski definition) is 1. The molecule has 0 amide bonds. The third kappa shape index (κ3) is 6.64.